The minimum absolute atomic E-state index is 0.00508. The van der Waals surface area contributed by atoms with E-state index in [1.165, 1.54) is 0 Å². The van der Waals surface area contributed by atoms with E-state index in [0.717, 1.165) is 5.56 Å². The van der Waals surface area contributed by atoms with Gasteiger partial charge in [0.2, 0.25) is 5.91 Å². The molecule has 0 fully saturated rings. The second kappa shape index (κ2) is 7.81. The minimum atomic E-state index is -0.704. The summed E-state index contributed by atoms with van der Waals surface area (Å²) in [5.41, 5.74) is 6.62. The smallest absolute Gasteiger partial charge is 0.241 e. The maximum atomic E-state index is 11.9. The molecular weight excluding hydrogens is 232 g/mol. The van der Waals surface area contributed by atoms with E-state index in [-0.39, 0.29) is 18.6 Å². The molecule has 1 amide bonds. The lowest BCUT2D eigenvalue weighted by molar-refractivity contribution is -0.123. The van der Waals surface area contributed by atoms with E-state index >= 15 is 0 Å². The number of benzene rings is 1. The molecular formula is C13H20N2O3. The summed E-state index contributed by atoms with van der Waals surface area (Å²) in [5, 5.41) is 11.7. The highest BCUT2D eigenvalue weighted by molar-refractivity contribution is 5.83. The fourth-order valence-corrected chi connectivity index (χ4v) is 1.66. The monoisotopic (exact) mass is 252 g/mol. The van der Waals surface area contributed by atoms with Crippen LogP contribution in [0.2, 0.25) is 0 Å². The summed E-state index contributed by atoms with van der Waals surface area (Å²) in [7, 11) is 1.55. The van der Waals surface area contributed by atoms with Crippen molar-refractivity contribution in [1.82, 2.24) is 5.32 Å². The van der Waals surface area contributed by atoms with Gasteiger partial charge in [0.25, 0.3) is 0 Å². The van der Waals surface area contributed by atoms with Crippen LogP contribution in [0.5, 0.6) is 0 Å². The fraction of sp³-hybridized carbons (Fsp3) is 0.462. The maximum Gasteiger partial charge on any atom is 0.241 e. The topological polar surface area (TPSA) is 84.6 Å². The number of amides is 1. The molecule has 0 saturated carbocycles. The normalized spacial score (nSPS) is 13.9. The van der Waals surface area contributed by atoms with Gasteiger partial charge < -0.3 is 20.9 Å². The number of nitrogens with two attached hydrogens (primary N) is 1. The van der Waals surface area contributed by atoms with Gasteiger partial charge in [-0.3, -0.25) is 4.79 Å². The number of hydrogen-bond donors (Lipinski definition) is 3. The largest absolute Gasteiger partial charge is 0.396 e. The van der Waals surface area contributed by atoms with Gasteiger partial charge in [-0.2, -0.15) is 0 Å². The van der Waals surface area contributed by atoms with Crippen molar-refractivity contribution < 1.29 is 14.6 Å². The third-order valence-corrected chi connectivity index (χ3v) is 2.63. The molecule has 0 radical (unpaired) electrons. The Kier molecular flexibility index (Phi) is 6.35. The summed E-state index contributed by atoms with van der Waals surface area (Å²) in [5.74, 6) is -0.267. The zero-order valence-corrected chi connectivity index (χ0v) is 10.5. The molecule has 5 nitrogen and oxygen atoms in total. The van der Waals surface area contributed by atoms with Gasteiger partial charge >= 0.3 is 0 Å². The molecule has 0 aromatic heterocycles. The molecule has 5 heteroatoms. The first-order valence-corrected chi connectivity index (χ1v) is 5.89. The standard InChI is InChI=1S/C13H20N2O3/c1-18-9-11(7-8-16)15-13(17)12(14)10-5-3-2-4-6-10/h2-6,11-12,16H,7-9,14H2,1H3,(H,15,17)/t11?,12-/m0/s1. The second-order valence-corrected chi connectivity index (χ2v) is 4.06. The summed E-state index contributed by atoms with van der Waals surface area (Å²) >= 11 is 0. The van der Waals surface area contributed by atoms with Crippen LogP contribution in [0.4, 0.5) is 0 Å². The van der Waals surface area contributed by atoms with Crippen LogP contribution in [-0.4, -0.2) is 37.4 Å². The van der Waals surface area contributed by atoms with Gasteiger partial charge in [0.05, 0.1) is 12.6 Å². The Morgan fingerprint density at radius 1 is 1.44 bits per heavy atom. The molecule has 0 aliphatic heterocycles. The van der Waals surface area contributed by atoms with E-state index in [1.807, 2.05) is 30.3 Å². The van der Waals surface area contributed by atoms with Crippen LogP contribution in [0, 0.1) is 0 Å². The Balaban J connectivity index is 2.58. The maximum absolute atomic E-state index is 11.9. The zero-order chi connectivity index (χ0) is 13.4. The molecule has 0 aliphatic carbocycles. The lowest BCUT2D eigenvalue weighted by atomic mass is 10.1. The van der Waals surface area contributed by atoms with Crippen molar-refractivity contribution >= 4 is 5.91 Å². The highest BCUT2D eigenvalue weighted by Gasteiger charge is 2.19. The van der Waals surface area contributed by atoms with E-state index in [0.29, 0.717) is 13.0 Å². The predicted octanol–water partition coefficient (Wildman–Crippen LogP) is 0.200. The Labute approximate surface area is 107 Å². The molecule has 0 spiro atoms. The van der Waals surface area contributed by atoms with E-state index in [4.69, 9.17) is 15.6 Å². The van der Waals surface area contributed by atoms with Crippen LogP contribution in [0.1, 0.15) is 18.0 Å². The second-order valence-electron chi connectivity index (χ2n) is 4.06. The van der Waals surface area contributed by atoms with Gasteiger partial charge in [0.15, 0.2) is 0 Å². The first-order chi connectivity index (χ1) is 8.69. The van der Waals surface area contributed by atoms with Crippen LogP contribution in [0.25, 0.3) is 0 Å². The zero-order valence-electron chi connectivity index (χ0n) is 10.5. The molecule has 1 unspecified atom stereocenters. The first-order valence-electron chi connectivity index (χ1n) is 5.89. The molecule has 1 rings (SSSR count). The minimum Gasteiger partial charge on any atom is -0.396 e. The van der Waals surface area contributed by atoms with Gasteiger partial charge in [-0.15, -0.1) is 0 Å². The lowest BCUT2D eigenvalue weighted by Gasteiger charge is -2.19. The van der Waals surface area contributed by atoms with Gasteiger partial charge in [-0.25, -0.2) is 0 Å². The molecule has 0 aliphatic rings. The van der Waals surface area contributed by atoms with E-state index in [9.17, 15) is 4.79 Å². The van der Waals surface area contributed by atoms with Crippen molar-refractivity contribution in [1.29, 1.82) is 0 Å². The highest BCUT2D eigenvalue weighted by atomic mass is 16.5. The van der Waals surface area contributed by atoms with Crippen LogP contribution in [0.3, 0.4) is 0 Å². The number of methoxy groups -OCH3 is 1. The molecule has 2 atom stereocenters. The third kappa shape index (κ3) is 4.44. The van der Waals surface area contributed by atoms with Crippen molar-refractivity contribution in [2.75, 3.05) is 20.3 Å². The summed E-state index contributed by atoms with van der Waals surface area (Å²) in [6.45, 7) is 0.350. The average molecular weight is 252 g/mol. The Morgan fingerprint density at radius 3 is 2.67 bits per heavy atom. The van der Waals surface area contributed by atoms with Gasteiger partial charge in [-0.05, 0) is 12.0 Å². The van der Waals surface area contributed by atoms with Crippen LogP contribution in [0.15, 0.2) is 30.3 Å². The van der Waals surface area contributed by atoms with E-state index in [2.05, 4.69) is 5.32 Å². The molecule has 18 heavy (non-hydrogen) atoms. The Morgan fingerprint density at radius 2 is 2.11 bits per heavy atom. The molecule has 0 saturated heterocycles. The summed E-state index contributed by atoms with van der Waals surface area (Å²) in [6, 6.07) is 8.23. The summed E-state index contributed by atoms with van der Waals surface area (Å²) < 4.78 is 4.98. The van der Waals surface area contributed by atoms with Crippen LogP contribution < -0.4 is 11.1 Å². The number of rotatable bonds is 7. The molecule has 100 valence electrons. The SMILES string of the molecule is COCC(CCO)NC(=O)[C@@H](N)c1ccccc1. The first kappa shape index (κ1) is 14.6. The van der Waals surface area contributed by atoms with E-state index in [1.54, 1.807) is 7.11 Å². The van der Waals surface area contributed by atoms with Crippen LogP contribution >= 0.6 is 0 Å². The third-order valence-electron chi connectivity index (χ3n) is 2.63. The molecule has 1 aromatic rings. The Bertz CT molecular complexity index is 351. The van der Waals surface area contributed by atoms with Crippen molar-refractivity contribution in [2.45, 2.75) is 18.5 Å². The molecule has 1 aromatic carbocycles. The highest BCUT2D eigenvalue weighted by Crippen LogP contribution is 2.09. The van der Waals surface area contributed by atoms with Gasteiger partial charge in [0, 0.05) is 13.7 Å². The Hall–Kier alpha value is -1.43. The van der Waals surface area contributed by atoms with Crippen molar-refractivity contribution in [2.24, 2.45) is 5.73 Å². The number of carbonyl (C=O) groups is 1. The number of nitrogens with one attached hydrogen (secondary N) is 1. The average Bonchev–Trinajstić information content (AvgIpc) is 2.39. The number of aliphatic hydroxyl groups excluding tert-OH is 1. The van der Waals surface area contributed by atoms with Crippen molar-refractivity contribution in [3.8, 4) is 0 Å². The predicted molar refractivity (Wildman–Crippen MR) is 68.9 cm³/mol. The van der Waals surface area contributed by atoms with E-state index < -0.39 is 6.04 Å². The molecule has 0 bridgehead atoms. The molecule has 0 heterocycles. The number of carbonyl (C=O) groups excluding carboxylic acids is 1. The number of hydrogen-bond acceptors (Lipinski definition) is 4. The molecule has 4 N–H and O–H groups in total. The quantitative estimate of drug-likeness (QED) is 0.647. The van der Waals surface area contributed by atoms with Crippen molar-refractivity contribution in [3.05, 3.63) is 35.9 Å². The summed E-state index contributed by atoms with van der Waals surface area (Å²) in [6.07, 6.45) is 0.446. The lowest BCUT2D eigenvalue weighted by Crippen LogP contribution is -2.43. The number of ether oxygens (including phenoxy) is 1. The fourth-order valence-electron chi connectivity index (χ4n) is 1.66. The van der Waals surface area contributed by atoms with Crippen LogP contribution in [-0.2, 0) is 9.53 Å². The summed E-state index contributed by atoms with van der Waals surface area (Å²) in [4.78, 5) is 11.9. The number of aliphatic hydroxyl groups is 1. The van der Waals surface area contributed by atoms with Gasteiger partial charge in [-0.1, -0.05) is 30.3 Å². The van der Waals surface area contributed by atoms with Gasteiger partial charge in [0.1, 0.15) is 6.04 Å². The van der Waals surface area contributed by atoms with Crippen molar-refractivity contribution in [3.63, 3.8) is 0 Å².